The summed E-state index contributed by atoms with van der Waals surface area (Å²) in [5, 5.41) is 13.9. The Morgan fingerprint density at radius 3 is 2.73 bits per heavy atom. The van der Waals surface area contributed by atoms with Gasteiger partial charge >= 0.3 is 5.63 Å². The zero-order chi connectivity index (χ0) is 18.7. The number of hydrogen-bond donors (Lipinski definition) is 1. The van der Waals surface area contributed by atoms with Gasteiger partial charge in [-0.15, -0.1) is 0 Å². The highest BCUT2D eigenvalue weighted by molar-refractivity contribution is 5.95. The van der Waals surface area contributed by atoms with Crippen molar-refractivity contribution in [2.24, 2.45) is 0 Å². The Labute approximate surface area is 147 Å². The van der Waals surface area contributed by atoms with Crippen LogP contribution in [0.4, 0.5) is 5.69 Å². The van der Waals surface area contributed by atoms with E-state index in [0.717, 1.165) is 11.6 Å². The third-order valence-corrected chi connectivity index (χ3v) is 3.81. The lowest BCUT2D eigenvalue weighted by Crippen LogP contribution is -2.24. The molecule has 3 aromatic rings. The highest BCUT2D eigenvalue weighted by Crippen LogP contribution is 2.20. The standard InChI is InChI=1S/C18H14N2O6/c1-25-15-5-3-2-4-12(15)10-19-17(21)16-8-11-6-7-13(20(23)24)9-14(11)18(22)26-16/h2-9H,10H2,1H3,(H,19,21). The molecule has 0 bridgehead atoms. The summed E-state index contributed by atoms with van der Waals surface area (Å²) in [4.78, 5) is 34.6. The Balaban J connectivity index is 1.85. The topological polar surface area (TPSA) is 112 Å². The number of rotatable bonds is 5. The minimum Gasteiger partial charge on any atom is -0.496 e. The van der Waals surface area contributed by atoms with Crippen molar-refractivity contribution in [3.63, 3.8) is 0 Å². The van der Waals surface area contributed by atoms with Crippen molar-refractivity contribution in [1.29, 1.82) is 0 Å². The number of amides is 1. The first-order chi connectivity index (χ1) is 12.5. The fraction of sp³-hybridized carbons (Fsp3) is 0.111. The second kappa shape index (κ2) is 7.06. The van der Waals surface area contributed by atoms with Crippen molar-refractivity contribution in [2.45, 2.75) is 6.54 Å². The Morgan fingerprint density at radius 1 is 1.23 bits per heavy atom. The molecule has 0 saturated carbocycles. The lowest BCUT2D eigenvalue weighted by molar-refractivity contribution is -0.384. The predicted molar refractivity (Wildman–Crippen MR) is 93.3 cm³/mol. The zero-order valence-electron chi connectivity index (χ0n) is 13.7. The SMILES string of the molecule is COc1ccccc1CNC(=O)c1cc2ccc([N+](=O)[O-])cc2c(=O)o1. The van der Waals surface area contributed by atoms with Crippen LogP contribution in [0.15, 0.2) is 57.7 Å². The third-order valence-electron chi connectivity index (χ3n) is 3.81. The summed E-state index contributed by atoms with van der Waals surface area (Å²) in [7, 11) is 1.53. The Kier molecular flexibility index (Phi) is 4.66. The summed E-state index contributed by atoms with van der Waals surface area (Å²) in [6.07, 6.45) is 0. The number of nitrogens with one attached hydrogen (secondary N) is 1. The zero-order valence-corrected chi connectivity index (χ0v) is 13.7. The molecule has 0 saturated heterocycles. The summed E-state index contributed by atoms with van der Waals surface area (Å²) in [6, 6.07) is 12.4. The average molecular weight is 354 g/mol. The molecule has 1 heterocycles. The van der Waals surface area contributed by atoms with E-state index in [-0.39, 0.29) is 23.4 Å². The normalized spacial score (nSPS) is 10.5. The molecule has 0 spiro atoms. The van der Waals surface area contributed by atoms with Gasteiger partial charge < -0.3 is 14.5 Å². The number of fused-ring (bicyclic) bond motifs is 1. The molecule has 0 radical (unpaired) electrons. The second-order valence-electron chi connectivity index (χ2n) is 5.42. The van der Waals surface area contributed by atoms with Crippen molar-refractivity contribution in [2.75, 3.05) is 7.11 Å². The van der Waals surface area contributed by atoms with Gasteiger partial charge in [-0.2, -0.15) is 0 Å². The van der Waals surface area contributed by atoms with E-state index < -0.39 is 16.5 Å². The molecule has 0 aliphatic rings. The van der Waals surface area contributed by atoms with Crippen LogP contribution in [-0.4, -0.2) is 17.9 Å². The van der Waals surface area contributed by atoms with Crippen LogP contribution in [0.2, 0.25) is 0 Å². The molecular weight excluding hydrogens is 340 g/mol. The number of nitro groups is 1. The summed E-state index contributed by atoms with van der Waals surface area (Å²) in [5.41, 5.74) is -0.270. The van der Waals surface area contributed by atoms with E-state index >= 15 is 0 Å². The second-order valence-corrected chi connectivity index (χ2v) is 5.42. The smallest absolute Gasteiger partial charge is 0.344 e. The van der Waals surface area contributed by atoms with Crippen LogP contribution in [0, 0.1) is 10.1 Å². The number of hydrogen-bond acceptors (Lipinski definition) is 6. The van der Waals surface area contributed by atoms with Gasteiger partial charge in [0.05, 0.1) is 17.4 Å². The molecule has 8 heteroatoms. The fourth-order valence-electron chi connectivity index (χ4n) is 2.51. The van der Waals surface area contributed by atoms with Crippen LogP contribution in [0.25, 0.3) is 10.8 Å². The first-order valence-electron chi connectivity index (χ1n) is 7.62. The van der Waals surface area contributed by atoms with Crippen LogP contribution in [0.1, 0.15) is 16.1 Å². The molecule has 1 aromatic heterocycles. The van der Waals surface area contributed by atoms with Crippen molar-refractivity contribution >= 4 is 22.4 Å². The van der Waals surface area contributed by atoms with Crippen molar-refractivity contribution in [1.82, 2.24) is 5.32 Å². The van der Waals surface area contributed by atoms with Gasteiger partial charge in [-0.3, -0.25) is 14.9 Å². The number of methoxy groups -OCH3 is 1. The number of non-ortho nitro benzene ring substituents is 1. The largest absolute Gasteiger partial charge is 0.496 e. The summed E-state index contributed by atoms with van der Waals surface area (Å²) in [6.45, 7) is 0.185. The summed E-state index contributed by atoms with van der Waals surface area (Å²) >= 11 is 0. The first-order valence-corrected chi connectivity index (χ1v) is 7.62. The third kappa shape index (κ3) is 3.39. The molecule has 3 rings (SSSR count). The van der Waals surface area contributed by atoms with Gasteiger partial charge in [-0.25, -0.2) is 4.79 Å². The number of ether oxygens (including phenoxy) is 1. The van der Waals surface area contributed by atoms with E-state index in [4.69, 9.17) is 9.15 Å². The monoisotopic (exact) mass is 354 g/mol. The molecule has 0 unspecified atom stereocenters. The maximum Gasteiger partial charge on any atom is 0.344 e. The van der Waals surface area contributed by atoms with Gasteiger partial charge in [-0.05, 0) is 23.6 Å². The molecule has 0 aliphatic carbocycles. The highest BCUT2D eigenvalue weighted by Gasteiger charge is 2.15. The van der Waals surface area contributed by atoms with E-state index in [2.05, 4.69) is 5.32 Å². The quantitative estimate of drug-likeness (QED) is 0.557. The van der Waals surface area contributed by atoms with Crippen LogP contribution in [-0.2, 0) is 6.54 Å². The van der Waals surface area contributed by atoms with Gasteiger partial charge in [0.1, 0.15) is 5.75 Å². The molecule has 1 amide bonds. The van der Waals surface area contributed by atoms with E-state index in [0.29, 0.717) is 11.1 Å². The first kappa shape index (κ1) is 17.2. The van der Waals surface area contributed by atoms with E-state index in [1.54, 1.807) is 12.1 Å². The maximum atomic E-state index is 12.3. The highest BCUT2D eigenvalue weighted by atomic mass is 16.6. The Morgan fingerprint density at radius 2 is 2.00 bits per heavy atom. The molecule has 26 heavy (non-hydrogen) atoms. The van der Waals surface area contributed by atoms with E-state index in [1.165, 1.54) is 25.3 Å². The number of benzene rings is 2. The number of carbonyl (C=O) groups excluding carboxylic acids is 1. The molecule has 0 atom stereocenters. The fourth-order valence-corrected chi connectivity index (χ4v) is 2.51. The molecule has 0 aliphatic heterocycles. The minimum absolute atomic E-state index is 0.0421. The lowest BCUT2D eigenvalue weighted by Gasteiger charge is -2.09. The van der Waals surface area contributed by atoms with Crippen molar-refractivity contribution in [3.8, 4) is 5.75 Å². The van der Waals surface area contributed by atoms with Gasteiger partial charge in [0.2, 0.25) is 0 Å². The maximum absolute atomic E-state index is 12.3. The van der Waals surface area contributed by atoms with Crippen LogP contribution in [0.3, 0.4) is 0 Å². The number of nitro benzene ring substituents is 1. The predicted octanol–water partition coefficient (Wildman–Crippen LogP) is 2.64. The van der Waals surface area contributed by atoms with Crippen molar-refractivity contribution in [3.05, 3.63) is 80.4 Å². The Hall–Kier alpha value is -3.68. The molecular formula is C18H14N2O6. The van der Waals surface area contributed by atoms with Crippen LogP contribution in [0.5, 0.6) is 5.75 Å². The lowest BCUT2D eigenvalue weighted by atomic mass is 10.1. The van der Waals surface area contributed by atoms with Crippen molar-refractivity contribution < 1.29 is 18.9 Å². The minimum atomic E-state index is -0.811. The molecule has 1 N–H and O–H groups in total. The number of nitrogens with zero attached hydrogens (tertiary/aromatic N) is 1. The molecule has 0 fully saturated rings. The van der Waals surface area contributed by atoms with Crippen LogP contribution >= 0.6 is 0 Å². The molecule has 132 valence electrons. The van der Waals surface area contributed by atoms with Gasteiger partial charge in [0.15, 0.2) is 5.76 Å². The van der Waals surface area contributed by atoms with Gasteiger partial charge in [0.25, 0.3) is 11.6 Å². The molecule has 8 nitrogen and oxygen atoms in total. The van der Waals surface area contributed by atoms with Gasteiger partial charge in [0, 0.05) is 24.2 Å². The van der Waals surface area contributed by atoms with E-state index in [1.807, 2.05) is 12.1 Å². The number of carbonyl (C=O) groups is 1. The van der Waals surface area contributed by atoms with Crippen LogP contribution < -0.4 is 15.7 Å². The Bertz CT molecular complexity index is 1060. The average Bonchev–Trinajstić information content (AvgIpc) is 2.65. The van der Waals surface area contributed by atoms with Gasteiger partial charge in [-0.1, -0.05) is 18.2 Å². The summed E-state index contributed by atoms with van der Waals surface area (Å²) < 4.78 is 10.2. The summed E-state index contributed by atoms with van der Waals surface area (Å²) in [5.74, 6) is -0.125. The molecule has 2 aromatic carbocycles. The number of para-hydroxylation sites is 1. The van der Waals surface area contributed by atoms with E-state index in [9.17, 15) is 19.7 Å².